The van der Waals surface area contributed by atoms with E-state index in [1.165, 1.54) is 24.0 Å². The maximum absolute atomic E-state index is 14.1. The van der Waals surface area contributed by atoms with Crippen LogP contribution in [0.3, 0.4) is 0 Å². The van der Waals surface area contributed by atoms with Crippen LogP contribution in [-0.2, 0) is 22.4 Å². The predicted octanol–water partition coefficient (Wildman–Crippen LogP) is 4.42. The number of likely N-dealkylation sites (tertiary alicyclic amines) is 2. The molecule has 2 fully saturated rings. The van der Waals surface area contributed by atoms with Crippen LogP contribution in [0.4, 0.5) is 0 Å². The molecule has 0 saturated carbocycles. The van der Waals surface area contributed by atoms with Crippen molar-refractivity contribution >= 4 is 11.8 Å². The Morgan fingerprint density at radius 2 is 1.63 bits per heavy atom. The molecular formula is C36H53N5O2. The first-order valence-electron chi connectivity index (χ1n) is 16.7. The largest absolute Gasteiger partial charge is 0.344 e. The summed E-state index contributed by atoms with van der Waals surface area (Å²) in [7, 11) is 0. The third-order valence-corrected chi connectivity index (χ3v) is 9.74. The minimum absolute atomic E-state index is 0.0275. The molecule has 0 aliphatic carbocycles. The van der Waals surface area contributed by atoms with Gasteiger partial charge in [-0.3, -0.25) is 14.5 Å². The standard InChI is InChI=1S/C36H53N5O2/c1-26(2)24-41(30-15-19-39(20-16-30)27(3)4)31-17-21-40(25-31)36(43)34(22-28-10-6-5-7-11-28)38-35(42)23-33-32-13-9-8-12-29(32)14-18-37-33/h5-13,26-27,30-31,33-34,37H,14-25H2,1-4H3,(H,38,42)/t31-,33?,34-/m1/s1. The van der Waals surface area contributed by atoms with Gasteiger partial charge in [-0.05, 0) is 81.8 Å². The molecule has 2 N–H and O–H groups in total. The molecule has 3 heterocycles. The number of carbonyl (C=O) groups excluding carboxylic acids is 2. The van der Waals surface area contributed by atoms with Crippen LogP contribution in [0.15, 0.2) is 54.6 Å². The van der Waals surface area contributed by atoms with Crippen molar-refractivity contribution in [1.29, 1.82) is 0 Å². The van der Waals surface area contributed by atoms with Crippen molar-refractivity contribution < 1.29 is 9.59 Å². The van der Waals surface area contributed by atoms with E-state index in [-0.39, 0.29) is 17.9 Å². The van der Waals surface area contributed by atoms with Crippen molar-refractivity contribution in [3.8, 4) is 0 Å². The molecule has 2 aromatic rings. The number of fused-ring (bicyclic) bond motifs is 1. The lowest BCUT2D eigenvalue weighted by atomic mass is 9.92. The Morgan fingerprint density at radius 1 is 0.930 bits per heavy atom. The maximum atomic E-state index is 14.1. The minimum atomic E-state index is -0.569. The fourth-order valence-corrected chi connectivity index (χ4v) is 7.45. The van der Waals surface area contributed by atoms with Gasteiger partial charge in [0.1, 0.15) is 6.04 Å². The Bertz CT molecular complexity index is 1190. The van der Waals surface area contributed by atoms with Gasteiger partial charge in [0.15, 0.2) is 0 Å². The molecule has 2 amide bonds. The summed E-state index contributed by atoms with van der Waals surface area (Å²) in [6.45, 7) is 14.9. The van der Waals surface area contributed by atoms with Gasteiger partial charge in [0.2, 0.25) is 11.8 Å². The van der Waals surface area contributed by atoms with Gasteiger partial charge < -0.3 is 20.4 Å². The second-order valence-electron chi connectivity index (χ2n) is 13.6. The van der Waals surface area contributed by atoms with Crippen molar-refractivity contribution in [2.24, 2.45) is 5.92 Å². The number of benzene rings is 2. The van der Waals surface area contributed by atoms with Gasteiger partial charge in [-0.1, -0.05) is 68.4 Å². The normalized spacial score (nSPS) is 22.3. The predicted molar refractivity (Wildman–Crippen MR) is 174 cm³/mol. The molecule has 0 radical (unpaired) electrons. The Balaban J connectivity index is 1.26. The first kappa shape index (κ1) is 31.7. The first-order chi connectivity index (χ1) is 20.8. The SMILES string of the molecule is CC(C)CN(C1CCN(C(C)C)CC1)[C@@H]1CCN(C(=O)[C@@H](Cc2ccccc2)NC(=O)CC2NCCc3ccccc32)C1. The van der Waals surface area contributed by atoms with Crippen molar-refractivity contribution in [1.82, 2.24) is 25.3 Å². The summed E-state index contributed by atoms with van der Waals surface area (Å²) in [4.78, 5) is 35.0. The third kappa shape index (κ3) is 8.25. The molecule has 0 bridgehead atoms. The summed E-state index contributed by atoms with van der Waals surface area (Å²) in [5.41, 5.74) is 3.57. The van der Waals surface area contributed by atoms with Crippen molar-refractivity contribution in [3.63, 3.8) is 0 Å². The molecule has 3 aliphatic rings. The zero-order chi connectivity index (χ0) is 30.3. The number of amides is 2. The number of hydrogen-bond acceptors (Lipinski definition) is 5. The van der Waals surface area contributed by atoms with Gasteiger partial charge in [-0.15, -0.1) is 0 Å². The fourth-order valence-electron chi connectivity index (χ4n) is 7.45. The molecule has 43 heavy (non-hydrogen) atoms. The number of piperidine rings is 1. The molecular weight excluding hydrogens is 534 g/mol. The molecule has 3 atom stereocenters. The van der Waals surface area contributed by atoms with E-state index in [9.17, 15) is 9.59 Å². The van der Waals surface area contributed by atoms with Gasteiger partial charge in [-0.25, -0.2) is 0 Å². The van der Waals surface area contributed by atoms with E-state index in [4.69, 9.17) is 0 Å². The average molecular weight is 588 g/mol. The van der Waals surface area contributed by atoms with Crippen molar-refractivity contribution in [2.45, 2.75) is 96.4 Å². The number of nitrogens with one attached hydrogen (secondary N) is 2. The second-order valence-corrected chi connectivity index (χ2v) is 13.6. The van der Waals surface area contributed by atoms with E-state index < -0.39 is 6.04 Å². The summed E-state index contributed by atoms with van der Waals surface area (Å²) < 4.78 is 0. The van der Waals surface area contributed by atoms with E-state index in [2.05, 4.69) is 66.3 Å². The second kappa shape index (κ2) is 14.8. The lowest BCUT2D eigenvalue weighted by Gasteiger charge is -2.43. The van der Waals surface area contributed by atoms with Gasteiger partial charge in [-0.2, -0.15) is 0 Å². The molecule has 0 aromatic heterocycles. The summed E-state index contributed by atoms with van der Waals surface area (Å²) in [6.07, 6.45) is 5.20. The monoisotopic (exact) mass is 587 g/mol. The van der Waals surface area contributed by atoms with Crippen molar-refractivity contribution in [3.05, 3.63) is 71.3 Å². The fraction of sp³-hybridized carbons (Fsp3) is 0.611. The number of nitrogens with zero attached hydrogens (tertiary/aromatic N) is 3. The topological polar surface area (TPSA) is 67.9 Å². The van der Waals surface area contributed by atoms with Crippen LogP contribution in [0.1, 0.15) is 76.1 Å². The van der Waals surface area contributed by atoms with E-state index in [0.717, 1.165) is 57.7 Å². The first-order valence-corrected chi connectivity index (χ1v) is 16.7. The highest BCUT2D eigenvalue weighted by Crippen LogP contribution is 2.28. The van der Waals surface area contributed by atoms with Gasteiger partial charge in [0.25, 0.3) is 0 Å². The molecule has 2 aromatic carbocycles. The third-order valence-electron chi connectivity index (χ3n) is 9.74. The van der Waals surface area contributed by atoms with Crippen LogP contribution in [0.2, 0.25) is 0 Å². The maximum Gasteiger partial charge on any atom is 0.245 e. The van der Waals surface area contributed by atoms with Gasteiger partial charge in [0, 0.05) is 56.6 Å². The average Bonchev–Trinajstić information content (AvgIpc) is 3.50. The van der Waals surface area contributed by atoms with Crippen LogP contribution in [-0.4, -0.2) is 89.9 Å². The molecule has 1 unspecified atom stereocenters. The molecule has 5 rings (SSSR count). The summed E-state index contributed by atoms with van der Waals surface area (Å²) in [5, 5.41) is 6.71. The van der Waals surface area contributed by atoms with Crippen LogP contribution < -0.4 is 10.6 Å². The number of hydrogen-bond donors (Lipinski definition) is 2. The Hall–Kier alpha value is -2.74. The molecule has 7 heteroatoms. The van der Waals surface area contributed by atoms with Crippen molar-refractivity contribution in [2.75, 3.05) is 39.3 Å². The van der Waals surface area contributed by atoms with Gasteiger partial charge >= 0.3 is 0 Å². The van der Waals surface area contributed by atoms with Crippen LogP contribution in [0, 0.1) is 5.92 Å². The smallest absolute Gasteiger partial charge is 0.245 e. The summed E-state index contributed by atoms with van der Waals surface area (Å²) >= 11 is 0. The highest BCUT2D eigenvalue weighted by atomic mass is 16.2. The lowest BCUT2D eigenvalue weighted by Crippen LogP contribution is -2.53. The van der Waals surface area contributed by atoms with E-state index in [0.29, 0.717) is 36.9 Å². The zero-order valence-electron chi connectivity index (χ0n) is 26.8. The number of rotatable bonds is 11. The van der Waals surface area contributed by atoms with Gasteiger partial charge in [0.05, 0.1) is 0 Å². The van der Waals surface area contributed by atoms with Crippen LogP contribution >= 0.6 is 0 Å². The summed E-state index contributed by atoms with van der Waals surface area (Å²) in [5.74, 6) is 0.560. The number of carbonyl (C=O) groups is 2. The van der Waals surface area contributed by atoms with Crippen LogP contribution in [0.5, 0.6) is 0 Å². The Labute approximate surface area is 259 Å². The Morgan fingerprint density at radius 3 is 2.35 bits per heavy atom. The Kier molecular flexibility index (Phi) is 10.9. The molecule has 3 aliphatic heterocycles. The molecule has 0 spiro atoms. The molecule has 234 valence electrons. The minimum Gasteiger partial charge on any atom is -0.344 e. The van der Waals surface area contributed by atoms with E-state index >= 15 is 0 Å². The molecule has 7 nitrogen and oxygen atoms in total. The lowest BCUT2D eigenvalue weighted by molar-refractivity contribution is -0.136. The van der Waals surface area contributed by atoms with E-state index in [1.807, 2.05) is 41.3 Å². The highest BCUT2D eigenvalue weighted by molar-refractivity contribution is 5.88. The molecule has 2 saturated heterocycles. The zero-order valence-corrected chi connectivity index (χ0v) is 26.8. The highest BCUT2D eigenvalue weighted by Gasteiger charge is 2.38. The summed E-state index contributed by atoms with van der Waals surface area (Å²) in [6, 6.07) is 19.4. The quantitative estimate of drug-likeness (QED) is 0.408. The van der Waals surface area contributed by atoms with Crippen LogP contribution in [0.25, 0.3) is 0 Å². The van der Waals surface area contributed by atoms with E-state index in [1.54, 1.807) is 0 Å².